The molecule has 0 spiro atoms. The fourth-order valence-corrected chi connectivity index (χ4v) is 5.40. The van der Waals surface area contributed by atoms with E-state index in [2.05, 4.69) is 10.3 Å². The Morgan fingerprint density at radius 3 is 2.52 bits per heavy atom. The van der Waals surface area contributed by atoms with Gasteiger partial charge in [-0.15, -0.1) is 0 Å². The summed E-state index contributed by atoms with van der Waals surface area (Å²) in [5.41, 5.74) is 0.403. The third-order valence-corrected chi connectivity index (χ3v) is 7.01. The number of aryl methyl sites for hydroxylation is 1. The fraction of sp³-hybridized carbons (Fsp3) is 0.238. The maximum atomic E-state index is 13.6. The Morgan fingerprint density at radius 2 is 1.84 bits per heavy atom. The standard InChI is InChI=1S/C21H18F3N3O3S/c1-13-11-15-3-2-4-17(18(15)26-12-13)31(29,30)27-10-9-25-20(28)19(27)14-5-7-16(8-6-14)21(22,23)24/h2-8,11-12,19H,9-10H2,1H3,(H,25,28). The quantitative estimate of drug-likeness (QED) is 0.665. The van der Waals surface area contributed by atoms with Crippen LogP contribution in [0.1, 0.15) is 22.7 Å². The average Bonchev–Trinajstić information content (AvgIpc) is 2.72. The molecular formula is C21H18F3N3O3S. The van der Waals surface area contributed by atoms with E-state index < -0.39 is 33.7 Å². The van der Waals surface area contributed by atoms with Crippen LogP contribution < -0.4 is 5.32 Å². The predicted molar refractivity (Wildman–Crippen MR) is 108 cm³/mol. The molecule has 1 amide bonds. The molecule has 3 aromatic rings. The molecule has 1 aromatic heterocycles. The number of rotatable bonds is 3. The Labute approximate surface area is 176 Å². The van der Waals surface area contributed by atoms with Crippen molar-refractivity contribution in [3.8, 4) is 0 Å². The monoisotopic (exact) mass is 449 g/mol. The minimum Gasteiger partial charge on any atom is -0.353 e. The molecule has 1 aliphatic rings. The lowest BCUT2D eigenvalue weighted by Gasteiger charge is -2.34. The van der Waals surface area contributed by atoms with Crippen molar-refractivity contribution in [1.82, 2.24) is 14.6 Å². The maximum absolute atomic E-state index is 13.6. The van der Waals surface area contributed by atoms with Crippen LogP contribution in [-0.4, -0.2) is 36.7 Å². The van der Waals surface area contributed by atoms with Gasteiger partial charge in [-0.2, -0.15) is 17.5 Å². The SMILES string of the molecule is Cc1cnc2c(S(=O)(=O)N3CCNC(=O)C3c3ccc(C(F)(F)F)cc3)cccc2c1. The van der Waals surface area contributed by atoms with Gasteiger partial charge in [0.2, 0.25) is 15.9 Å². The maximum Gasteiger partial charge on any atom is 0.416 e. The molecule has 1 unspecified atom stereocenters. The molecule has 31 heavy (non-hydrogen) atoms. The van der Waals surface area contributed by atoms with E-state index in [1.165, 1.54) is 6.07 Å². The molecule has 2 heterocycles. The highest BCUT2D eigenvalue weighted by molar-refractivity contribution is 7.89. The summed E-state index contributed by atoms with van der Waals surface area (Å²) < 4.78 is 66.9. The fourth-order valence-electron chi connectivity index (χ4n) is 3.65. The summed E-state index contributed by atoms with van der Waals surface area (Å²) in [4.78, 5) is 16.8. The van der Waals surface area contributed by atoms with E-state index in [0.717, 1.165) is 34.1 Å². The molecule has 0 saturated carbocycles. The van der Waals surface area contributed by atoms with Gasteiger partial charge in [0.25, 0.3) is 0 Å². The normalized spacial score (nSPS) is 18.2. The zero-order valence-electron chi connectivity index (χ0n) is 16.3. The Hall–Kier alpha value is -2.98. The molecule has 4 rings (SSSR count). The smallest absolute Gasteiger partial charge is 0.353 e. The molecule has 1 aliphatic heterocycles. The van der Waals surface area contributed by atoms with Crippen molar-refractivity contribution in [3.63, 3.8) is 0 Å². The number of nitrogens with one attached hydrogen (secondary N) is 1. The number of fused-ring (bicyclic) bond motifs is 1. The highest BCUT2D eigenvalue weighted by Crippen LogP contribution is 2.34. The summed E-state index contributed by atoms with van der Waals surface area (Å²) in [6.07, 6.45) is -2.98. The predicted octanol–water partition coefficient (Wildman–Crippen LogP) is 3.42. The van der Waals surface area contributed by atoms with Gasteiger partial charge in [0, 0.05) is 24.7 Å². The van der Waals surface area contributed by atoms with Crippen LogP contribution in [0.25, 0.3) is 10.9 Å². The second-order valence-electron chi connectivity index (χ2n) is 7.27. The zero-order valence-corrected chi connectivity index (χ0v) is 17.2. The summed E-state index contributed by atoms with van der Waals surface area (Å²) in [5, 5.41) is 3.22. The van der Waals surface area contributed by atoms with Crippen molar-refractivity contribution >= 4 is 26.8 Å². The summed E-state index contributed by atoms with van der Waals surface area (Å²) >= 11 is 0. The highest BCUT2D eigenvalue weighted by atomic mass is 32.2. The molecule has 6 nitrogen and oxygen atoms in total. The Balaban J connectivity index is 1.80. The van der Waals surface area contributed by atoms with Crippen molar-refractivity contribution in [2.45, 2.75) is 24.0 Å². The van der Waals surface area contributed by atoms with E-state index in [4.69, 9.17) is 0 Å². The lowest BCUT2D eigenvalue weighted by atomic mass is 10.0. The molecule has 1 atom stereocenters. The van der Waals surface area contributed by atoms with E-state index in [-0.39, 0.29) is 29.1 Å². The molecule has 2 aromatic carbocycles. The number of sulfonamides is 1. The van der Waals surface area contributed by atoms with Gasteiger partial charge in [-0.1, -0.05) is 24.3 Å². The minimum atomic E-state index is -4.54. The third-order valence-electron chi connectivity index (χ3n) is 5.12. The number of piperazine rings is 1. The number of amides is 1. The largest absolute Gasteiger partial charge is 0.416 e. The summed E-state index contributed by atoms with van der Waals surface area (Å²) in [6, 6.07) is 9.19. The molecule has 0 bridgehead atoms. The average molecular weight is 449 g/mol. The molecule has 162 valence electrons. The van der Waals surface area contributed by atoms with Gasteiger partial charge in [0.1, 0.15) is 10.9 Å². The van der Waals surface area contributed by atoms with Crippen LogP contribution in [0.15, 0.2) is 59.6 Å². The number of nitrogens with zero attached hydrogens (tertiary/aromatic N) is 2. The van der Waals surface area contributed by atoms with E-state index in [9.17, 15) is 26.4 Å². The van der Waals surface area contributed by atoms with E-state index in [0.29, 0.717) is 5.39 Å². The Kier molecular flexibility index (Phi) is 5.22. The van der Waals surface area contributed by atoms with Crippen molar-refractivity contribution in [2.24, 2.45) is 0 Å². The first kappa shape index (κ1) is 21.3. The summed E-state index contributed by atoms with van der Waals surface area (Å²) in [6.45, 7) is 1.90. The number of carbonyl (C=O) groups is 1. The molecule has 1 fully saturated rings. The van der Waals surface area contributed by atoms with Crippen LogP contribution >= 0.6 is 0 Å². The second-order valence-corrected chi connectivity index (χ2v) is 9.13. The first-order valence-corrected chi connectivity index (χ1v) is 10.8. The van der Waals surface area contributed by atoms with Gasteiger partial charge >= 0.3 is 6.18 Å². The number of aromatic nitrogens is 1. The van der Waals surface area contributed by atoms with Crippen molar-refractivity contribution < 1.29 is 26.4 Å². The van der Waals surface area contributed by atoms with Crippen LogP contribution in [0, 0.1) is 6.92 Å². The second kappa shape index (κ2) is 7.61. The number of hydrogen-bond acceptors (Lipinski definition) is 4. The molecule has 1 N–H and O–H groups in total. The van der Waals surface area contributed by atoms with E-state index in [1.807, 2.05) is 6.92 Å². The lowest BCUT2D eigenvalue weighted by Crippen LogP contribution is -2.52. The van der Waals surface area contributed by atoms with E-state index >= 15 is 0 Å². The highest BCUT2D eigenvalue weighted by Gasteiger charge is 2.40. The van der Waals surface area contributed by atoms with Crippen molar-refractivity contribution in [2.75, 3.05) is 13.1 Å². The summed E-state index contributed by atoms with van der Waals surface area (Å²) in [7, 11) is -4.18. The van der Waals surface area contributed by atoms with Crippen molar-refractivity contribution in [1.29, 1.82) is 0 Å². The number of pyridine rings is 1. The molecule has 0 radical (unpaired) electrons. The third kappa shape index (κ3) is 3.88. The number of benzene rings is 2. The van der Waals surface area contributed by atoms with Gasteiger partial charge in [-0.25, -0.2) is 8.42 Å². The number of para-hydroxylation sites is 1. The zero-order chi connectivity index (χ0) is 22.4. The van der Waals surface area contributed by atoms with E-state index in [1.54, 1.807) is 24.4 Å². The lowest BCUT2D eigenvalue weighted by molar-refractivity contribution is -0.137. The number of alkyl halides is 3. The molecule has 1 saturated heterocycles. The van der Waals surface area contributed by atoms with Gasteiger partial charge in [0.15, 0.2) is 0 Å². The first-order valence-electron chi connectivity index (χ1n) is 9.41. The molecular weight excluding hydrogens is 431 g/mol. The van der Waals surface area contributed by atoms with Crippen molar-refractivity contribution in [3.05, 3.63) is 71.4 Å². The minimum absolute atomic E-state index is 0.0258. The van der Waals surface area contributed by atoms with Gasteiger partial charge in [-0.05, 0) is 42.3 Å². The van der Waals surface area contributed by atoms with Crippen LogP contribution in [-0.2, 0) is 21.0 Å². The Morgan fingerprint density at radius 1 is 1.13 bits per heavy atom. The first-order chi connectivity index (χ1) is 14.6. The van der Waals surface area contributed by atoms with Gasteiger partial charge in [0.05, 0.1) is 11.1 Å². The Bertz CT molecular complexity index is 1260. The molecule has 0 aliphatic carbocycles. The van der Waals surface area contributed by atoms with Crippen LogP contribution in [0.5, 0.6) is 0 Å². The summed E-state index contributed by atoms with van der Waals surface area (Å²) in [5.74, 6) is -0.598. The number of carbonyl (C=O) groups excluding carboxylic acids is 1. The number of hydrogen-bond donors (Lipinski definition) is 1. The number of halogens is 3. The van der Waals surface area contributed by atoms with Crippen LogP contribution in [0.3, 0.4) is 0 Å². The molecule has 10 heteroatoms. The van der Waals surface area contributed by atoms with Crippen LogP contribution in [0.4, 0.5) is 13.2 Å². The topological polar surface area (TPSA) is 79.4 Å². The van der Waals surface area contributed by atoms with Gasteiger partial charge in [-0.3, -0.25) is 9.78 Å². The van der Waals surface area contributed by atoms with Crippen LogP contribution in [0.2, 0.25) is 0 Å². The van der Waals surface area contributed by atoms with Gasteiger partial charge < -0.3 is 5.32 Å².